The van der Waals surface area contributed by atoms with Crippen LogP contribution in [-0.4, -0.2) is 21.0 Å². The van der Waals surface area contributed by atoms with Crippen molar-refractivity contribution in [1.82, 2.24) is 20.0 Å². The fraction of sp³-hybridized carbons (Fsp3) is 0.300. The van der Waals surface area contributed by atoms with E-state index in [2.05, 4.69) is 15.6 Å². The minimum absolute atomic E-state index is 0.259. The number of halogens is 1. The summed E-state index contributed by atoms with van der Waals surface area (Å²) in [5.74, 6) is 0.110. The van der Waals surface area contributed by atoms with Crippen LogP contribution in [0.15, 0.2) is 48.8 Å². The number of rotatable bonds is 3. The molecule has 0 aliphatic carbocycles. The van der Waals surface area contributed by atoms with Crippen LogP contribution in [0.1, 0.15) is 37.6 Å². The summed E-state index contributed by atoms with van der Waals surface area (Å²) < 4.78 is 21.3. The van der Waals surface area contributed by atoms with Gasteiger partial charge < -0.3 is 19.8 Å². The molecule has 0 saturated carbocycles. The van der Waals surface area contributed by atoms with Crippen molar-refractivity contribution in [3.8, 4) is 5.75 Å². The predicted molar refractivity (Wildman–Crippen MR) is 99.0 cm³/mol. The molecular formula is C20H21FN4O2. The van der Waals surface area contributed by atoms with Crippen LogP contribution in [0.4, 0.5) is 9.18 Å². The molecule has 27 heavy (non-hydrogen) atoms. The average molecular weight is 368 g/mol. The summed E-state index contributed by atoms with van der Waals surface area (Å²) in [4.78, 5) is 16.9. The highest BCUT2D eigenvalue weighted by Gasteiger charge is 2.34. The van der Waals surface area contributed by atoms with Gasteiger partial charge in [0, 0.05) is 30.4 Å². The van der Waals surface area contributed by atoms with Gasteiger partial charge in [0.05, 0.1) is 18.3 Å². The minimum Gasteiger partial charge on any atom is -0.487 e. The Labute approximate surface area is 156 Å². The SMILES string of the molecule is CC1(C)CC(NC(=O)NCc2cn3ccccc3n2)c2ccc(F)cc2O1. The van der Waals surface area contributed by atoms with Crippen LogP contribution in [0.3, 0.4) is 0 Å². The third kappa shape index (κ3) is 3.72. The first-order valence-electron chi connectivity index (χ1n) is 8.85. The predicted octanol–water partition coefficient (Wildman–Crippen LogP) is 3.58. The molecule has 3 aromatic rings. The Morgan fingerprint density at radius 3 is 3.04 bits per heavy atom. The van der Waals surface area contributed by atoms with Crippen molar-refractivity contribution in [2.24, 2.45) is 0 Å². The van der Waals surface area contributed by atoms with Crippen LogP contribution in [0.25, 0.3) is 5.65 Å². The number of pyridine rings is 1. The topological polar surface area (TPSA) is 67.7 Å². The van der Waals surface area contributed by atoms with Gasteiger partial charge in [0.2, 0.25) is 0 Å². The van der Waals surface area contributed by atoms with E-state index in [0.29, 0.717) is 18.7 Å². The quantitative estimate of drug-likeness (QED) is 0.743. The Morgan fingerprint density at radius 1 is 1.37 bits per heavy atom. The van der Waals surface area contributed by atoms with Gasteiger partial charge in [-0.05, 0) is 32.0 Å². The molecule has 1 atom stereocenters. The van der Waals surface area contributed by atoms with Crippen LogP contribution in [0.5, 0.6) is 5.75 Å². The summed E-state index contributed by atoms with van der Waals surface area (Å²) in [6.07, 6.45) is 4.38. The summed E-state index contributed by atoms with van der Waals surface area (Å²) in [6.45, 7) is 4.16. The Balaban J connectivity index is 1.44. The number of amides is 2. The number of hydrogen-bond donors (Lipinski definition) is 2. The largest absolute Gasteiger partial charge is 0.487 e. The van der Waals surface area contributed by atoms with Crippen molar-refractivity contribution in [1.29, 1.82) is 0 Å². The van der Waals surface area contributed by atoms with Crippen LogP contribution in [0.2, 0.25) is 0 Å². The van der Waals surface area contributed by atoms with E-state index in [-0.39, 0.29) is 17.9 Å². The molecule has 1 aliphatic heterocycles. The number of nitrogens with zero attached hydrogens (tertiary/aromatic N) is 2. The minimum atomic E-state index is -0.500. The number of fused-ring (bicyclic) bond motifs is 2. The molecule has 0 spiro atoms. The number of carbonyl (C=O) groups is 1. The highest BCUT2D eigenvalue weighted by molar-refractivity contribution is 5.74. The maximum atomic E-state index is 13.5. The summed E-state index contributed by atoms with van der Waals surface area (Å²) in [5.41, 5.74) is 1.88. The lowest BCUT2D eigenvalue weighted by molar-refractivity contribution is 0.0674. The van der Waals surface area contributed by atoms with Crippen molar-refractivity contribution in [3.63, 3.8) is 0 Å². The van der Waals surface area contributed by atoms with Crippen LogP contribution >= 0.6 is 0 Å². The van der Waals surface area contributed by atoms with Crippen molar-refractivity contribution < 1.29 is 13.9 Å². The monoisotopic (exact) mass is 368 g/mol. The Bertz CT molecular complexity index is 966. The molecule has 2 N–H and O–H groups in total. The number of carbonyl (C=O) groups excluding carboxylic acids is 1. The van der Waals surface area contributed by atoms with Crippen LogP contribution in [-0.2, 0) is 6.54 Å². The number of benzene rings is 1. The number of nitrogens with one attached hydrogen (secondary N) is 2. The summed E-state index contributed by atoms with van der Waals surface area (Å²) in [7, 11) is 0. The van der Waals surface area contributed by atoms with Crippen molar-refractivity contribution in [2.45, 2.75) is 38.5 Å². The van der Waals surface area contributed by atoms with Gasteiger partial charge in [-0.3, -0.25) is 0 Å². The van der Waals surface area contributed by atoms with Crippen molar-refractivity contribution in [2.75, 3.05) is 0 Å². The molecule has 0 radical (unpaired) electrons. The van der Waals surface area contributed by atoms with Crippen LogP contribution < -0.4 is 15.4 Å². The lowest BCUT2D eigenvalue weighted by atomic mass is 9.90. The lowest BCUT2D eigenvalue weighted by Gasteiger charge is -2.37. The fourth-order valence-electron chi connectivity index (χ4n) is 3.41. The molecular weight excluding hydrogens is 347 g/mol. The standard InChI is InChI=1S/C20H21FN4O2/c1-20(2)10-16(15-7-6-13(21)9-17(15)27-20)24-19(26)22-11-14-12-25-8-4-3-5-18(25)23-14/h3-9,12,16H,10-11H2,1-2H3,(H2,22,24,26). The molecule has 0 bridgehead atoms. The van der Waals surface area contributed by atoms with Gasteiger partial charge in [-0.25, -0.2) is 14.2 Å². The van der Waals surface area contributed by atoms with E-state index < -0.39 is 5.60 Å². The second-order valence-electron chi connectivity index (χ2n) is 7.33. The van der Waals surface area contributed by atoms with Crippen molar-refractivity contribution >= 4 is 11.7 Å². The van der Waals surface area contributed by atoms with E-state index in [1.165, 1.54) is 12.1 Å². The molecule has 6 nitrogen and oxygen atoms in total. The zero-order chi connectivity index (χ0) is 19.0. The highest BCUT2D eigenvalue weighted by atomic mass is 19.1. The first-order chi connectivity index (χ1) is 12.9. The lowest BCUT2D eigenvalue weighted by Crippen LogP contribution is -2.44. The molecule has 0 fully saturated rings. The second kappa shape index (κ2) is 6.57. The third-order valence-electron chi connectivity index (χ3n) is 4.58. The van der Waals surface area contributed by atoms with Gasteiger partial charge >= 0.3 is 6.03 Å². The summed E-state index contributed by atoms with van der Waals surface area (Å²) >= 11 is 0. The van der Waals surface area contributed by atoms with Crippen molar-refractivity contribution in [3.05, 3.63) is 65.9 Å². The van der Waals surface area contributed by atoms with Gasteiger partial charge in [0.1, 0.15) is 22.8 Å². The number of hydrogen-bond acceptors (Lipinski definition) is 3. The average Bonchev–Trinajstić information content (AvgIpc) is 3.01. The molecule has 2 amide bonds. The Morgan fingerprint density at radius 2 is 2.22 bits per heavy atom. The second-order valence-corrected chi connectivity index (χ2v) is 7.33. The van der Waals surface area contributed by atoms with E-state index >= 15 is 0 Å². The van der Waals surface area contributed by atoms with Gasteiger partial charge in [-0.1, -0.05) is 12.1 Å². The Hall–Kier alpha value is -3.09. The van der Waals surface area contributed by atoms with Crippen LogP contribution in [0, 0.1) is 5.82 Å². The van der Waals surface area contributed by atoms with E-state index in [4.69, 9.17) is 4.74 Å². The summed E-state index contributed by atoms with van der Waals surface area (Å²) in [5, 5.41) is 5.80. The zero-order valence-corrected chi connectivity index (χ0v) is 15.2. The fourth-order valence-corrected chi connectivity index (χ4v) is 3.41. The normalized spacial score (nSPS) is 17.8. The van der Waals surface area contributed by atoms with Gasteiger partial charge in [-0.2, -0.15) is 0 Å². The molecule has 1 unspecified atom stereocenters. The third-order valence-corrected chi connectivity index (χ3v) is 4.58. The van der Waals surface area contributed by atoms with E-state index in [1.54, 1.807) is 6.07 Å². The maximum absolute atomic E-state index is 13.5. The first-order valence-corrected chi connectivity index (χ1v) is 8.85. The van der Waals surface area contributed by atoms with E-state index in [0.717, 1.165) is 16.9 Å². The van der Waals surface area contributed by atoms with E-state index in [9.17, 15) is 9.18 Å². The molecule has 7 heteroatoms. The molecule has 1 aliphatic rings. The van der Waals surface area contributed by atoms with E-state index in [1.807, 2.05) is 48.8 Å². The molecule has 3 heterocycles. The van der Waals surface area contributed by atoms with Gasteiger partial charge in [-0.15, -0.1) is 0 Å². The molecule has 140 valence electrons. The number of aromatic nitrogens is 2. The smallest absolute Gasteiger partial charge is 0.315 e. The summed E-state index contributed by atoms with van der Waals surface area (Å²) in [6, 6.07) is 9.58. The molecule has 1 aromatic carbocycles. The van der Waals surface area contributed by atoms with Gasteiger partial charge in [0.15, 0.2) is 0 Å². The molecule has 4 rings (SSSR count). The zero-order valence-electron chi connectivity index (χ0n) is 15.2. The highest BCUT2D eigenvalue weighted by Crippen LogP contribution is 2.39. The van der Waals surface area contributed by atoms with Gasteiger partial charge in [0.25, 0.3) is 0 Å². The first kappa shape index (κ1) is 17.3. The number of ether oxygens (including phenoxy) is 1. The Kier molecular flexibility index (Phi) is 4.22. The maximum Gasteiger partial charge on any atom is 0.315 e. The number of urea groups is 1. The molecule has 0 saturated heterocycles. The number of imidazole rings is 1. The molecule has 2 aromatic heterocycles.